The zero-order valence-electron chi connectivity index (χ0n) is 15.5. The maximum atomic E-state index is 12.9. The number of aromatic nitrogens is 3. The highest BCUT2D eigenvalue weighted by Crippen LogP contribution is 2.28. The summed E-state index contributed by atoms with van der Waals surface area (Å²) in [5.74, 6) is 1.08. The van der Waals surface area contributed by atoms with Gasteiger partial charge in [-0.05, 0) is 30.5 Å². The van der Waals surface area contributed by atoms with Crippen molar-refractivity contribution in [1.29, 1.82) is 0 Å². The fourth-order valence-corrected chi connectivity index (χ4v) is 5.28. The predicted octanol–water partition coefficient (Wildman–Crippen LogP) is 2.09. The van der Waals surface area contributed by atoms with Gasteiger partial charge in [0.15, 0.2) is 0 Å². The Hall–Kier alpha value is -1.77. The maximum Gasteiger partial charge on any atom is 0.281 e. The lowest BCUT2D eigenvalue weighted by molar-refractivity contribution is 0.280. The number of hydrogen-bond donors (Lipinski definition) is 0. The van der Waals surface area contributed by atoms with Crippen LogP contribution in [0.15, 0.2) is 36.9 Å². The molecular formula is C18H27N5O2S. The number of nitrogens with zero attached hydrogens (tertiary/aromatic N) is 5. The first-order valence-corrected chi connectivity index (χ1v) is 10.6. The third-order valence-electron chi connectivity index (χ3n) is 4.96. The van der Waals surface area contributed by atoms with Crippen LogP contribution >= 0.6 is 0 Å². The molecule has 3 heterocycles. The first-order valence-electron chi connectivity index (χ1n) is 9.21. The molecule has 1 aliphatic rings. The summed E-state index contributed by atoms with van der Waals surface area (Å²) in [7, 11) is -3.40. The van der Waals surface area contributed by atoms with E-state index in [0.717, 1.165) is 30.8 Å². The van der Waals surface area contributed by atoms with Crippen LogP contribution < -0.4 is 0 Å². The maximum absolute atomic E-state index is 12.9. The van der Waals surface area contributed by atoms with Gasteiger partial charge in [0.2, 0.25) is 0 Å². The molecule has 3 rings (SSSR count). The minimum atomic E-state index is -3.40. The SMILES string of the molecule is CCN(CC)S(=O)(=O)N1CCCC(c2nccn2Cc2ccncc2)C1. The lowest BCUT2D eigenvalue weighted by Crippen LogP contribution is -2.47. The molecule has 0 aromatic carbocycles. The highest BCUT2D eigenvalue weighted by atomic mass is 32.2. The molecule has 0 saturated carbocycles. The molecule has 7 nitrogen and oxygen atoms in total. The Morgan fingerprint density at radius 1 is 1.19 bits per heavy atom. The first-order chi connectivity index (χ1) is 12.6. The molecule has 26 heavy (non-hydrogen) atoms. The zero-order chi connectivity index (χ0) is 18.6. The average Bonchev–Trinajstić information content (AvgIpc) is 3.11. The topological polar surface area (TPSA) is 71.3 Å². The summed E-state index contributed by atoms with van der Waals surface area (Å²) in [6.45, 7) is 6.55. The van der Waals surface area contributed by atoms with E-state index in [1.807, 2.05) is 32.2 Å². The lowest BCUT2D eigenvalue weighted by Gasteiger charge is -2.34. The molecule has 0 bridgehead atoms. The van der Waals surface area contributed by atoms with Gasteiger partial charge in [0.1, 0.15) is 5.82 Å². The normalized spacial score (nSPS) is 19.1. The van der Waals surface area contributed by atoms with Crippen molar-refractivity contribution >= 4 is 10.2 Å². The Morgan fingerprint density at radius 2 is 1.92 bits per heavy atom. The van der Waals surface area contributed by atoms with E-state index in [1.165, 1.54) is 4.31 Å². The van der Waals surface area contributed by atoms with Crippen LogP contribution in [0.1, 0.15) is 44.0 Å². The van der Waals surface area contributed by atoms with Gasteiger partial charge in [-0.1, -0.05) is 13.8 Å². The van der Waals surface area contributed by atoms with Gasteiger partial charge in [-0.15, -0.1) is 0 Å². The van der Waals surface area contributed by atoms with Crippen LogP contribution in [0.2, 0.25) is 0 Å². The van der Waals surface area contributed by atoms with Crippen molar-refractivity contribution in [3.05, 3.63) is 48.3 Å². The third-order valence-corrected chi connectivity index (χ3v) is 7.11. The molecule has 0 N–H and O–H groups in total. The van der Waals surface area contributed by atoms with Crippen molar-refractivity contribution in [2.24, 2.45) is 0 Å². The Kier molecular flexibility index (Phi) is 6.05. The summed E-state index contributed by atoms with van der Waals surface area (Å²) in [4.78, 5) is 8.60. The second kappa shape index (κ2) is 8.28. The van der Waals surface area contributed by atoms with E-state index in [0.29, 0.717) is 26.2 Å². The molecule has 2 aromatic heterocycles. The van der Waals surface area contributed by atoms with Crippen molar-refractivity contribution in [2.45, 2.75) is 39.2 Å². The van der Waals surface area contributed by atoms with Gasteiger partial charge in [-0.3, -0.25) is 4.98 Å². The van der Waals surface area contributed by atoms with Crippen molar-refractivity contribution in [1.82, 2.24) is 23.1 Å². The van der Waals surface area contributed by atoms with Gasteiger partial charge in [-0.25, -0.2) is 4.98 Å². The minimum Gasteiger partial charge on any atom is -0.330 e. The number of pyridine rings is 1. The first kappa shape index (κ1) is 19.0. The van der Waals surface area contributed by atoms with E-state index in [1.54, 1.807) is 22.9 Å². The molecule has 0 radical (unpaired) electrons. The van der Waals surface area contributed by atoms with Gasteiger partial charge in [0, 0.05) is 63.4 Å². The smallest absolute Gasteiger partial charge is 0.281 e. The molecule has 0 spiro atoms. The van der Waals surface area contributed by atoms with E-state index >= 15 is 0 Å². The zero-order valence-corrected chi connectivity index (χ0v) is 16.3. The van der Waals surface area contributed by atoms with Crippen LogP contribution in [-0.4, -0.2) is 57.7 Å². The second-order valence-corrected chi connectivity index (χ2v) is 8.49. The van der Waals surface area contributed by atoms with Crippen LogP contribution in [-0.2, 0) is 16.8 Å². The molecule has 1 aliphatic heterocycles. The Bertz CT molecular complexity index is 802. The predicted molar refractivity (Wildman–Crippen MR) is 101 cm³/mol. The standard InChI is InChI=1S/C18H27N5O2S/c1-3-22(4-2)26(24,25)23-12-5-6-17(15-23)18-20-11-13-21(18)14-16-7-9-19-10-8-16/h7-11,13,17H,3-6,12,14-15H2,1-2H3. The largest absolute Gasteiger partial charge is 0.330 e. The van der Waals surface area contributed by atoms with Gasteiger partial charge >= 0.3 is 0 Å². The fraction of sp³-hybridized carbons (Fsp3) is 0.556. The van der Waals surface area contributed by atoms with E-state index in [4.69, 9.17) is 0 Å². The third kappa shape index (κ3) is 3.97. The number of rotatable bonds is 7. The van der Waals surface area contributed by atoms with E-state index in [2.05, 4.69) is 14.5 Å². The molecule has 8 heteroatoms. The van der Waals surface area contributed by atoms with E-state index in [9.17, 15) is 8.42 Å². The fourth-order valence-electron chi connectivity index (χ4n) is 3.58. The average molecular weight is 378 g/mol. The summed E-state index contributed by atoms with van der Waals surface area (Å²) in [5.41, 5.74) is 1.16. The van der Waals surface area contributed by atoms with Crippen molar-refractivity contribution in [2.75, 3.05) is 26.2 Å². The second-order valence-electron chi connectivity index (χ2n) is 6.56. The van der Waals surface area contributed by atoms with Crippen LogP contribution in [0.3, 0.4) is 0 Å². The molecule has 1 saturated heterocycles. The number of imidazole rings is 1. The molecule has 1 atom stereocenters. The highest BCUT2D eigenvalue weighted by molar-refractivity contribution is 7.86. The van der Waals surface area contributed by atoms with E-state index in [-0.39, 0.29) is 5.92 Å². The van der Waals surface area contributed by atoms with Gasteiger partial charge in [-0.2, -0.15) is 17.0 Å². The Morgan fingerprint density at radius 3 is 2.62 bits per heavy atom. The van der Waals surface area contributed by atoms with Crippen molar-refractivity contribution in [3.8, 4) is 0 Å². The molecular weight excluding hydrogens is 350 g/mol. The Labute approximate surface area is 155 Å². The minimum absolute atomic E-state index is 0.117. The molecule has 2 aromatic rings. The van der Waals surface area contributed by atoms with Crippen LogP contribution in [0.4, 0.5) is 0 Å². The summed E-state index contributed by atoms with van der Waals surface area (Å²) < 4.78 is 31.0. The van der Waals surface area contributed by atoms with Crippen molar-refractivity contribution in [3.63, 3.8) is 0 Å². The summed E-state index contributed by atoms with van der Waals surface area (Å²) >= 11 is 0. The summed E-state index contributed by atoms with van der Waals surface area (Å²) in [6, 6.07) is 3.98. The van der Waals surface area contributed by atoms with Crippen LogP contribution in [0.25, 0.3) is 0 Å². The van der Waals surface area contributed by atoms with Crippen LogP contribution in [0, 0.1) is 0 Å². The number of piperidine rings is 1. The van der Waals surface area contributed by atoms with Crippen molar-refractivity contribution < 1.29 is 8.42 Å². The van der Waals surface area contributed by atoms with Crippen LogP contribution in [0.5, 0.6) is 0 Å². The monoisotopic (exact) mass is 377 g/mol. The summed E-state index contributed by atoms with van der Waals surface area (Å²) in [5, 5.41) is 0. The molecule has 1 unspecified atom stereocenters. The quantitative estimate of drug-likeness (QED) is 0.741. The Balaban J connectivity index is 1.78. The molecule has 0 amide bonds. The van der Waals surface area contributed by atoms with Gasteiger partial charge in [0.05, 0.1) is 0 Å². The van der Waals surface area contributed by atoms with Gasteiger partial charge in [0.25, 0.3) is 10.2 Å². The molecule has 0 aliphatic carbocycles. The molecule has 1 fully saturated rings. The highest BCUT2D eigenvalue weighted by Gasteiger charge is 2.34. The lowest BCUT2D eigenvalue weighted by atomic mass is 9.98. The summed E-state index contributed by atoms with van der Waals surface area (Å²) in [6.07, 6.45) is 9.14. The molecule has 142 valence electrons. The van der Waals surface area contributed by atoms with Gasteiger partial charge < -0.3 is 4.57 Å². The number of hydrogen-bond acceptors (Lipinski definition) is 4. The van der Waals surface area contributed by atoms with E-state index < -0.39 is 10.2 Å².